The normalized spacial score (nSPS) is 11.3. The Morgan fingerprint density at radius 3 is 2.62 bits per heavy atom. The Labute approximate surface area is 133 Å². The number of rotatable bonds is 7. The van der Waals surface area contributed by atoms with Gasteiger partial charge in [-0.05, 0) is 38.0 Å². The molecule has 0 aliphatic carbocycles. The lowest BCUT2D eigenvalue weighted by Crippen LogP contribution is -2.47. The maximum atomic E-state index is 12.3. The summed E-state index contributed by atoms with van der Waals surface area (Å²) in [5.41, 5.74) is 0.558. The molecule has 4 heteroatoms. The second kappa shape index (κ2) is 8.28. The van der Waals surface area contributed by atoms with E-state index in [1.54, 1.807) is 4.90 Å². The lowest BCUT2D eigenvalue weighted by molar-refractivity contribution is 0.196. The Morgan fingerprint density at radius 2 is 2.00 bits per heavy atom. The van der Waals surface area contributed by atoms with Gasteiger partial charge in [-0.3, -0.25) is 0 Å². The monoisotopic (exact) mass is 310 g/mol. The molecule has 3 nitrogen and oxygen atoms in total. The van der Waals surface area contributed by atoms with Gasteiger partial charge >= 0.3 is 6.03 Å². The van der Waals surface area contributed by atoms with Crippen LogP contribution >= 0.6 is 11.6 Å². The van der Waals surface area contributed by atoms with Gasteiger partial charge in [0.25, 0.3) is 0 Å². The molecule has 21 heavy (non-hydrogen) atoms. The van der Waals surface area contributed by atoms with Crippen LogP contribution in [0.2, 0.25) is 5.02 Å². The highest BCUT2D eigenvalue weighted by molar-refractivity contribution is 6.30. The Kier molecular flexibility index (Phi) is 7.03. The molecule has 0 saturated heterocycles. The third kappa shape index (κ3) is 5.96. The second-order valence-corrected chi connectivity index (χ2v) is 6.48. The van der Waals surface area contributed by atoms with Crippen molar-refractivity contribution in [3.63, 3.8) is 0 Å². The number of urea groups is 1. The van der Waals surface area contributed by atoms with E-state index in [0.29, 0.717) is 5.02 Å². The third-order valence-electron chi connectivity index (χ3n) is 3.66. The van der Waals surface area contributed by atoms with Gasteiger partial charge in [-0.2, -0.15) is 0 Å². The molecule has 0 heterocycles. The standard InChI is InChI=1S/C17H27ClN2O/c1-5-6-7-8-12-20(4)16(21)19-17(2,3)14-10-9-11-15(18)13-14/h9-11,13H,5-8,12H2,1-4H3,(H,19,21). The molecule has 0 aliphatic rings. The van der Waals surface area contributed by atoms with Crippen LogP contribution in [0.1, 0.15) is 52.0 Å². The SMILES string of the molecule is CCCCCCN(C)C(=O)NC(C)(C)c1cccc(Cl)c1. The predicted molar refractivity (Wildman–Crippen MR) is 89.8 cm³/mol. The van der Waals surface area contributed by atoms with E-state index in [1.807, 2.05) is 45.2 Å². The minimum absolute atomic E-state index is 0.0449. The van der Waals surface area contributed by atoms with E-state index in [1.165, 1.54) is 19.3 Å². The van der Waals surface area contributed by atoms with E-state index in [-0.39, 0.29) is 6.03 Å². The molecule has 0 bridgehead atoms. The first-order valence-corrected chi connectivity index (χ1v) is 8.04. The molecule has 0 radical (unpaired) electrons. The zero-order valence-corrected chi connectivity index (χ0v) is 14.3. The van der Waals surface area contributed by atoms with Gasteiger partial charge in [0.05, 0.1) is 5.54 Å². The van der Waals surface area contributed by atoms with E-state index >= 15 is 0 Å². The van der Waals surface area contributed by atoms with Crippen LogP contribution in [-0.4, -0.2) is 24.5 Å². The Morgan fingerprint density at radius 1 is 1.29 bits per heavy atom. The highest BCUT2D eigenvalue weighted by atomic mass is 35.5. The largest absolute Gasteiger partial charge is 0.329 e. The lowest BCUT2D eigenvalue weighted by atomic mass is 9.94. The second-order valence-electron chi connectivity index (χ2n) is 6.05. The Balaban J connectivity index is 2.55. The van der Waals surface area contributed by atoms with Crippen molar-refractivity contribution in [1.29, 1.82) is 0 Å². The molecule has 0 spiro atoms. The van der Waals surface area contributed by atoms with E-state index in [2.05, 4.69) is 12.2 Å². The van der Waals surface area contributed by atoms with Gasteiger partial charge in [-0.15, -0.1) is 0 Å². The molecule has 0 fully saturated rings. The van der Waals surface area contributed by atoms with Crippen molar-refractivity contribution in [2.75, 3.05) is 13.6 Å². The van der Waals surface area contributed by atoms with E-state index in [9.17, 15) is 4.79 Å². The van der Waals surface area contributed by atoms with E-state index < -0.39 is 5.54 Å². The van der Waals surface area contributed by atoms with Crippen LogP contribution in [0.4, 0.5) is 4.79 Å². The summed E-state index contributed by atoms with van der Waals surface area (Å²) in [6, 6.07) is 7.57. The Hall–Kier alpha value is -1.22. The maximum Gasteiger partial charge on any atom is 0.317 e. The minimum Gasteiger partial charge on any atom is -0.329 e. The first kappa shape index (κ1) is 17.8. The van der Waals surface area contributed by atoms with Gasteiger partial charge < -0.3 is 10.2 Å². The van der Waals surface area contributed by atoms with Crippen LogP contribution in [-0.2, 0) is 5.54 Å². The number of hydrogen-bond donors (Lipinski definition) is 1. The summed E-state index contributed by atoms with van der Waals surface area (Å²) in [6.07, 6.45) is 4.66. The number of unbranched alkanes of at least 4 members (excludes halogenated alkanes) is 3. The maximum absolute atomic E-state index is 12.3. The number of halogens is 1. The first-order valence-electron chi connectivity index (χ1n) is 7.66. The molecule has 0 saturated carbocycles. The van der Waals surface area contributed by atoms with Crippen molar-refractivity contribution in [3.8, 4) is 0 Å². The molecule has 1 aromatic rings. The zero-order chi connectivity index (χ0) is 15.9. The smallest absolute Gasteiger partial charge is 0.317 e. The number of hydrogen-bond acceptors (Lipinski definition) is 1. The van der Waals surface area contributed by atoms with Crippen LogP contribution < -0.4 is 5.32 Å². The van der Waals surface area contributed by atoms with Crippen LogP contribution in [0.3, 0.4) is 0 Å². The summed E-state index contributed by atoms with van der Waals surface area (Å²) in [6.45, 7) is 6.95. The molecule has 2 amide bonds. The average Bonchev–Trinajstić information content (AvgIpc) is 2.43. The van der Waals surface area contributed by atoms with Crippen molar-refractivity contribution >= 4 is 17.6 Å². The predicted octanol–water partition coefficient (Wildman–Crippen LogP) is 4.80. The molecule has 0 unspecified atom stereocenters. The van der Waals surface area contributed by atoms with Gasteiger partial charge in [0.1, 0.15) is 0 Å². The number of carbonyl (C=O) groups is 1. The molecule has 1 N–H and O–H groups in total. The summed E-state index contributed by atoms with van der Waals surface area (Å²) >= 11 is 6.03. The van der Waals surface area contributed by atoms with Gasteiger partial charge in [0.2, 0.25) is 0 Å². The van der Waals surface area contributed by atoms with Gasteiger partial charge in [0, 0.05) is 18.6 Å². The number of benzene rings is 1. The molecular formula is C17H27ClN2O. The summed E-state index contributed by atoms with van der Waals surface area (Å²) in [7, 11) is 1.84. The molecule has 0 atom stereocenters. The topological polar surface area (TPSA) is 32.3 Å². The van der Waals surface area contributed by atoms with Crippen LogP contribution in [0.15, 0.2) is 24.3 Å². The summed E-state index contributed by atoms with van der Waals surface area (Å²) < 4.78 is 0. The first-order chi connectivity index (χ1) is 9.86. The number of amides is 2. The molecular weight excluding hydrogens is 284 g/mol. The summed E-state index contributed by atoms with van der Waals surface area (Å²) in [4.78, 5) is 14.0. The zero-order valence-electron chi connectivity index (χ0n) is 13.6. The van der Waals surface area contributed by atoms with E-state index in [4.69, 9.17) is 11.6 Å². The highest BCUT2D eigenvalue weighted by Crippen LogP contribution is 2.23. The summed E-state index contributed by atoms with van der Waals surface area (Å²) in [5, 5.41) is 3.75. The van der Waals surface area contributed by atoms with Crippen LogP contribution in [0.25, 0.3) is 0 Å². The van der Waals surface area contributed by atoms with Crippen molar-refractivity contribution < 1.29 is 4.79 Å². The van der Waals surface area contributed by atoms with Crippen LogP contribution in [0, 0.1) is 0 Å². The number of nitrogens with one attached hydrogen (secondary N) is 1. The number of nitrogens with zero attached hydrogens (tertiary/aromatic N) is 1. The van der Waals surface area contributed by atoms with Gasteiger partial charge in [0.15, 0.2) is 0 Å². The molecule has 0 aromatic heterocycles. The number of carbonyl (C=O) groups excluding carboxylic acids is 1. The lowest BCUT2D eigenvalue weighted by Gasteiger charge is -2.30. The van der Waals surface area contributed by atoms with Gasteiger partial charge in [-0.25, -0.2) is 4.79 Å². The van der Waals surface area contributed by atoms with Crippen molar-refractivity contribution in [2.45, 2.75) is 52.0 Å². The molecule has 1 rings (SSSR count). The fourth-order valence-corrected chi connectivity index (χ4v) is 2.38. The minimum atomic E-state index is -0.445. The van der Waals surface area contributed by atoms with Crippen molar-refractivity contribution in [3.05, 3.63) is 34.9 Å². The molecule has 118 valence electrons. The van der Waals surface area contributed by atoms with Crippen molar-refractivity contribution in [2.24, 2.45) is 0 Å². The summed E-state index contributed by atoms with van der Waals surface area (Å²) in [5.74, 6) is 0. The van der Waals surface area contributed by atoms with E-state index in [0.717, 1.165) is 18.5 Å². The van der Waals surface area contributed by atoms with Gasteiger partial charge in [-0.1, -0.05) is 49.9 Å². The Bertz CT molecular complexity index is 460. The molecule has 1 aromatic carbocycles. The fourth-order valence-electron chi connectivity index (χ4n) is 2.19. The highest BCUT2D eigenvalue weighted by Gasteiger charge is 2.24. The average molecular weight is 311 g/mol. The molecule has 0 aliphatic heterocycles. The van der Waals surface area contributed by atoms with Crippen molar-refractivity contribution in [1.82, 2.24) is 10.2 Å². The van der Waals surface area contributed by atoms with Crippen LogP contribution in [0.5, 0.6) is 0 Å². The quantitative estimate of drug-likeness (QED) is 0.721. The fraction of sp³-hybridized carbons (Fsp3) is 0.588. The third-order valence-corrected chi connectivity index (χ3v) is 3.89.